The van der Waals surface area contributed by atoms with Gasteiger partial charge in [0, 0.05) is 19.3 Å². The van der Waals surface area contributed by atoms with E-state index in [1.807, 2.05) is 0 Å². The van der Waals surface area contributed by atoms with Crippen LogP contribution in [0.4, 0.5) is 0 Å². The molecule has 0 aliphatic heterocycles. The average molecular weight is 729 g/mol. The van der Waals surface area contributed by atoms with E-state index in [9.17, 15) is 14.4 Å². The molecule has 0 aromatic rings. The number of carbonyl (C=O) groups is 3. The van der Waals surface area contributed by atoms with Gasteiger partial charge in [0.25, 0.3) is 0 Å². The fourth-order valence-corrected chi connectivity index (χ4v) is 5.80. The van der Waals surface area contributed by atoms with Crippen molar-refractivity contribution in [3.05, 3.63) is 48.6 Å². The van der Waals surface area contributed by atoms with Gasteiger partial charge in [-0.2, -0.15) is 0 Å². The second kappa shape index (κ2) is 41.1. The molecule has 6 nitrogen and oxygen atoms in total. The van der Waals surface area contributed by atoms with Crippen molar-refractivity contribution in [3.63, 3.8) is 0 Å². The third-order valence-electron chi connectivity index (χ3n) is 9.07. The molecular formula is C46H80O6. The van der Waals surface area contributed by atoms with Crippen LogP contribution in [0.15, 0.2) is 48.6 Å². The average Bonchev–Trinajstić information content (AvgIpc) is 3.14. The molecule has 0 amide bonds. The lowest BCUT2D eigenvalue weighted by molar-refractivity contribution is -0.167. The summed E-state index contributed by atoms with van der Waals surface area (Å²) in [5.74, 6) is -0.943. The number of allylic oxidation sites excluding steroid dienone is 8. The van der Waals surface area contributed by atoms with Gasteiger partial charge in [-0.05, 0) is 77.0 Å². The summed E-state index contributed by atoms with van der Waals surface area (Å²) < 4.78 is 16.6. The second-order valence-electron chi connectivity index (χ2n) is 14.2. The fraction of sp³-hybridized carbons (Fsp3) is 0.761. The Bertz CT molecular complexity index is 933. The molecule has 0 saturated heterocycles. The standard InChI is InChI=1S/C46H80O6/c1-4-7-10-13-16-19-22-24-27-30-33-36-39-45(48)51-42-43(41-50-44(47)38-35-32-29-26-21-18-15-12-9-6-3)52-46(49)40-37-34-31-28-25-23-20-17-14-11-8-5-2/h7,10,16-17,19-20,24,27,43H,4-6,8-9,11-15,18,21-23,25-26,28-42H2,1-3H3/b10-7-,19-16-,20-17-,27-24-. The van der Waals surface area contributed by atoms with Crippen LogP contribution < -0.4 is 0 Å². The number of unbranched alkanes of at least 4 members (excludes halogenated alkanes) is 19. The predicted molar refractivity (Wildman–Crippen MR) is 219 cm³/mol. The number of hydrogen-bond acceptors (Lipinski definition) is 6. The molecule has 300 valence electrons. The Labute approximate surface area is 320 Å². The highest BCUT2D eigenvalue weighted by molar-refractivity contribution is 5.71. The number of rotatable bonds is 38. The summed E-state index contributed by atoms with van der Waals surface area (Å²) in [5.41, 5.74) is 0. The van der Waals surface area contributed by atoms with Gasteiger partial charge >= 0.3 is 17.9 Å². The Morgan fingerprint density at radius 1 is 0.404 bits per heavy atom. The Morgan fingerprint density at radius 3 is 1.27 bits per heavy atom. The molecule has 0 bridgehead atoms. The van der Waals surface area contributed by atoms with E-state index in [0.29, 0.717) is 19.3 Å². The van der Waals surface area contributed by atoms with Crippen LogP contribution in [0.3, 0.4) is 0 Å². The van der Waals surface area contributed by atoms with Crippen LogP contribution in [0.2, 0.25) is 0 Å². The number of hydrogen-bond donors (Lipinski definition) is 0. The van der Waals surface area contributed by atoms with Gasteiger partial charge in [-0.15, -0.1) is 0 Å². The van der Waals surface area contributed by atoms with E-state index in [1.165, 1.54) is 77.0 Å². The van der Waals surface area contributed by atoms with Crippen LogP contribution in [0.5, 0.6) is 0 Å². The maximum atomic E-state index is 12.7. The smallest absolute Gasteiger partial charge is 0.306 e. The van der Waals surface area contributed by atoms with Crippen molar-refractivity contribution in [2.24, 2.45) is 0 Å². The number of esters is 3. The molecule has 0 spiro atoms. The van der Waals surface area contributed by atoms with E-state index in [2.05, 4.69) is 69.4 Å². The summed E-state index contributed by atoms with van der Waals surface area (Å²) in [6.07, 6.45) is 46.7. The van der Waals surface area contributed by atoms with Gasteiger partial charge in [-0.3, -0.25) is 14.4 Å². The monoisotopic (exact) mass is 729 g/mol. The highest BCUT2D eigenvalue weighted by Crippen LogP contribution is 2.13. The minimum Gasteiger partial charge on any atom is -0.462 e. The van der Waals surface area contributed by atoms with Crippen LogP contribution in [0.25, 0.3) is 0 Å². The zero-order valence-electron chi connectivity index (χ0n) is 34.1. The molecule has 1 unspecified atom stereocenters. The molecule has 6 heteroatoms. The fourth-order valence-electron chi connectivity index (χ4n) is 5.80. The lowest BCUT2D eigenvalue weighted by atomic mass is 10.1. The maximum absolute atomic E-state index is 12.7. The summed E-state index contributed by atoms with van der Waals surface area (Å²) in [6, 6.07) is 0. The molecule has 0 aliphatic rings. The molecule has 0 fully saturated rings. The molecule has 0 radical (unpaired) electrons. The second-order valence-corrected chi connectivity index (χ2v) is 14.2. The van der Waals surface area contributed by atoms with Crippen LogP contribution in [-0.2, 0) is 28.6 Å². The SMILES string of the molecule is CC/C=C\C/C=C\C/C=C\CCCCC(=O)OCC(COC(=O)CCCCCCCCCCCC)OC(=O)CCCCCCC/C=C\CCCCC. The molecule has 52 heavy (non-hydrogen) atoms. The van der Waals surface area contributed by atoms with Crippen molar-refractivity contribution in [3.8, 4) is 0 Å². The van der Waals surface area contributed by atoms with Crippen LogP contribution in [-0.4, -0.2) is 37.2 Å². The zero-order chi connectivity index (χ0) is 38.0. The highest BCUT2D eigenvalue weighted by atomic mass is 16.6. The van der Waals surface area contributed by atoms with Gasteiger partial charge < -0.3 is 14.2 Å². The first-order valence-electron chi connectivity index (χ1n) is 21.6. The lowest BCUT2D eigenvalue weighted by Crippen LogP contribution is -2.30. The van der Waals surface area contributed by atoms with E-state index in [-0.39, 0.29) is 31.1 Å². The van der Waals surface area contributed by atoms with Crippen molar-refractivity contribution in [1.29, 1.82) is 0 Å². The predicted octanol–water partition coefficient (Wildman–Crippen LogP) is 13.6. The first-order valence-corrected chi connectivity index (χ1v) is 21.6. The Morgan fingerprint density at radius 2 is 0.750 bits per heavy atom. The molecular weight excluding hydrogens is 648 g/mol. The Hall–Kier alpha value is -2.63. The van der Waals surface area contributed by atoms with Crippen molar-refractivity contribution >= 4 is 17.9 Å². The summed E-state index contributed by atoms with van der Waals surface area (Å²) in [7, 11) is 0. The molecule has 0 aliphatic carbocycles. The Kier molecular flexibility index (Phi) is 39.1. The van der Waals surface area contributed by atoms with Crippen LogP contribution in [0.1, 0.15) is 207 Å². The van der Waals surface area contributed by atoms with E-state index in [0.717, 1.165) is 89.9 Å². The van der Waals surface area contributed by atoms with Gasteiger partial charge in [-0.25, -0.2) is 0 Å². The van der Waals surface area contributed by atoms with E-state index in [1.54, 1.807) is 0 Å². The topological polar surface area (TPSA) is 78.9 Å². The van der Waals surface area contributed by atoms with Crippen LogP contribution in [0, 0.1) is 0 Å². The first kappa shape index (κ1) is 49.4. The molecule has 0 saturated carbocycles. The van der Waals surface area contributed by atoms with Gasteiger partial charge in [0.1, 0.15) is 13.2 Å². The van der Waals surface area contributed by atoms with E-state index in [4.69, 9.17) is 14.2 Å². The zero-order valence-corrected chi connectivity index (χ0v) is 34.1. The molecule has 0 heterocycles. The molecule has 0 rings (SSSR count). The summed E-state index contributed by atoms with van der Waals surface area (Å²) in [6.45, 7) is 6.42. The van der Waals surface area contributed by atoms with Gasteiger partial charge in [0.15, 0.2) is 6.10 Å². The molecule has 0 N–H and O–H groups in total. The van der Waals surface area contributed by atoms with Gasteiger partial charge in [-0.1, -0.05) is 159 Å². The highest BCUT2D eigenvalue weighted by Gasteiger charge is 2.19. The normalized spacial score (nSPS) is 12.4. The molecule has 0 aromatic heterocycles. The van der Waals surface area contributed by atoms with Crippen molar-refractivity contribution in [2.45, 2.75) is 213 Å². The lowest BCUT2D eigenvalue weighted by Gasteiger charge is -2.18. The van der Waals surface area contributed by atoms with Crippen LogP contribution >= 0.6 is 0 Å². The third kappa shape index (κ3) is 38.6. The first-order chi connectivity index (χ1) is 25.5. The van der Waals surface area contributed by atoms with Gasteiger partial charge in [0.05, 0.1) is 0 Å². The van der Waals surface area contributed by atoms with E-state index < -0.39 is 6.10 Å². The number of ether oxygens (including phenoxy) is 3. The summed E-state index contributed by atoms with van der Waals surface area (Å²) in [4.78, 5) is 37.6. The van der Waals surface area contributed by atoms with Gasteiger partial charge in [0.2, 0.25) is 0 Å². The van der Waals surface area contributed by atoms with Crippen molar-refractivity contribution in [1.82, 2.24) is 0 Å². The quantitative estimate of drug-likeness (QED) is 0.0272. The van der Waals surface area contributed by atoms with Crippen molar-refractivity contribution in [2.75, 3.05) is 13.2 Å². The minimum absolute atomic E-state index is 0.0876. The minimum atomic E-state index is -0.786. The molecule has 0 aromatic carbocycles. The van der Waals surface area contributed by atoms with Crippen molar-refractivity contribution < 1.29 is 28.6 Å². The van der Waals surface area contributed by atoms with E-state index >= 15 is 0 Å². The number of carbonyl (C=O) groups excluding carboxylic acids is 3. The largest absolute Gasteiger partial charge is 0.462 e. The Balaban J connectivity index is 4.45. The molecule has 1 atom stereocenters. The third-order valence-corrected chi connectivity index (χ3v) is 9.07. The maximum Gasteiger partial charge on any atom is 0.306 e. The summed E-state index contributed by atoms with van der Waals surface area (Å²) in [5, 5.41) is 0. The summed E-state index contributed by atoms with van der Waals surface area (Å²) >= 11 is 0.